The predicted molar refractivity (Wildman–Crippen MR) is 223 cm³/mol. The Morgan fingerprint density at radius 3 is 1.65 bits per heavy atom. The third-order valence-corrected chi connectivity index (χ3v) is 11.2. The normalized spacial score (nSPS) is 12.1. The van der Waals surface area contributed by atoms with Crippen LogP contribution in [-0.2, 0) is 0 Å². The lowest BCUT2D eigenvalue weighted by Crippen LogP contribution is -2.03. The lowest BCUT2D eigenvalue weighted by atomic mass is 9.98. The van der Waals surface area contributed by atoms with Crippen LogP contribution < -0.4 is 0 Å². The Balaban J connectivity index is 1.06. The van der Waals surface area contributed by atoms with E-state index in [1.54, 1.807) is 6.20 Å². The van der Waals surface area contributed by atoms with Gasteiger partial charge in [0.1, 0.15) is 0 Å². The van der Waals surface area contributed by atoms with E-state index in [1.807, 2.05) is 18.3 Å². The average Bonchev–Trinajstić information content (AvgIpc) is 3.88. The third-order valence-electron chi connectivity index (χ3n) is 11.2. The van der Waals surface area contributed by atoms with Gasteiger partial charge in [0.2, 0.25) is 5.95 Å². The van der Waals surface area contributed by atoms with Gasteiger partial charge in [-0.05, 0) is 70.8 Å². The van der Waals surface area contributed by atoms with Crippen LogP contribution >= 0.6 is 0 Å². The van der Waals surface area contributed by atoms with Gasteiger partial charge in [-0.3, -0.25) is 9.55 Å². The summed E-state index contributed by atoms with van der Waals surface area (Å²) in [4.78, 5) is 14.9. The Bertz CT molecular complexity index is 3350. The standard InChI is InChI=1S/C49H29N5/c1-2-10-30(11-3-1)31-18-20-32(21-19-31)47-41-29-50-25-24-42(41)51-49(52-47)54-45-17-9-4-12-35(45)38-26-33(22-23-46(38)54)34-27-39-36-13-5-7-15-43(36)53-44-16-8-6-14-37(44)40(28-34)48(39)53/h1-29H. The molecule has 0 atom stereocenters. The number of rotatable bonds is 4. The quantitative estimate of drug-likeness (QED) is 0.185. The van der Waals surface area contributed by atoms with Crippen LogP contribution in [0.15, 0.2) is 176 Å². The second kappa shape index (κ2) is 11.1. The fourth-order valence-corrected chi connectivity index (χ4v) is 8.72. The molecule has 0 amide bonds. The molecule has 5 nitrogen and oxygen atoms in total. The van der Waals surface area contributed by atoms with Gasteiger partial charge in [0, 0.05) is 55.7 Å². The van der Waals surface area contributed by atoms with Crippen molar-refractivity contribution in [2.75, 3.05) is 0 Å². The molecule has 0 aliphatic rings. The molecule has 54 heavy (non-hydrogen) atoms. The van der Waals surface area contributed by atoms with E-state index in [0.29, 0.717) is 5.95 Å². The number of pyridine rings is 1. The Kier molecular flexibility index (Phi) is 5.99. The van der Waals surface area contributed by atoms with Crippen LogP contribution in [0, 0.1) is 0 Å². The fraction of sp³-hybridized carbons (Fsp3) is 0. The maximum atomic E-state index is 5.31. The number of para-hydroxylation sites is 3. The van der Waals surface area contributed by atoms with Crippen LogP contribution in [0.2, 0.25) is 0 Å². The number of fused-ring (bicyclic) bond motifs is 10. The van der Waals surface area contributed by atoms with Gasteiger partial charge in [-0.15, -0.1) is 0 Å². The van der Waals surface area contributed by atoms with E-state index in [0.717, 1.165) is 49.5 Å². The summed E-state index contributed by atoms with van der Waals surface area (Å²) in [6, 6.07) is 58.7. The van der Waals surface area contributed by atoms with Gasteiger partial charge >= 0.3 is 0 Å². The zero-order valence-electron chi connectivity index (χ0n) is 29.0. The summed E-state index contributed by atoms with van der Waals surface area (Å²) >= 11 is 0. The van der Waals surface area contributed by atoms with Gasteiger partial charge in [-0.1, -0.05) is 115 Å². The molecule has 0 bridgehead atoms. The highest BCUT2D eigenvalue weighted by atomic mass is 15.2. The summed E-state index contributed by atoms with van der Waals surface area (Å²) in [5.41, 5.74) is 13.3. The largest absolute Gasteiger partial charge is 0.308 e. The first-order chi connectivity index (χ1) is 26.8. The third kappa shape index (κ3) is 4.12. The first-order valence-electron chi connectivity index (χ1n) is 18.3. The lowest BCUT2D eigenvalue weighted by molar-refractivity contribution is 1.01. The second-order valence-corrected chi connectivity index (χ2v) is 14.1. The molecule has 0 radical (unpaired) electrons. The van der Waals surface area contributed by atoms with E-state index in [4.69, 9.17) is 9.97 Å². The summed E-state index contributed by atoms with van der Waals surface area (Å²) < 4.78 is 4.64. The summed E-state index contributed by atoms with van der Waals surface area (Å²) in [7, 11) is 0. The van der Waals surface area contributed by atoms with Crippen molar-refractivity contribution in [3.63, 3.8) is 0 Å². The molecule has 0 fully saturated rings. The van der Waals surface area contributed by atoms with Crippen molar-refractivity contribution >= 4 is 70.8 Å². The van der Waals surface area contributed by atoms with E-state index in [9.17, 15) is 0 Å². The van der Waals surface area contributed by atoms with Gasteiger partial charge in [0.25, 0.3) is 0 Å². The minimum atomic E-state index is 0.633. The van der Waals surface area contributed by atoms with Gasteiger partial charge < -0.3 is 4.40 Å². The predicted octanol–water partition coefficient (Wildman–Crippen LogP) is 12.3. The molecule has 5 heterocycles. The van der Waals surface area contributed by atoms with Crippen molar-refractivity contribution in [3.8, 4) is 39.5 Å². The van der Waals surface area contributed by atoms with Crippen molar-refractivity contribution in [2.45, 2.75) is 0 Å². The fourth-order valence-electron chi connectivity index (χ4n) is 8.72. The average molecular weight is 688 g/mol. The summed E-state index contributed by atoms with van der Waals surface area (Å²) in [5, 5.41) is 8.35. The Hall–Kier alpha value is -7.37. The van der Waals surface area contributed by atoms with Crippen LogP contribution in [0.25, 0.3) is 110 Å². The molecule has 0 N–H and O–H groups in total. The SMILES string of the molecule is c1ccc(-c2ccc(-c3nc(-n4c5ccccc5c5cc(-c6cc7c8ccccc8n8c9ccccc9c(c6)c78)ccc54)nc4ccncc34)cc2)cc1. The first-order valence-corrected chi connectivity index (χ1v) is 18.3. The molecule has 7 aromatic carbocycles. The van der Waals surface area contributed by atoms with Crippen molar-refractivity contribution in [1.29, 1.82) is 0 Å². The molecule has 0 unspecified atom stereocenters. The summed E-state index contributed by atoms with van der Waals surface area (Å²) in [6.45, 7) is 0. The van der Waals surface area contributed by atoms with Crippen molar-refractivity contribution in [3.05, 3.63) is 176 Å². The number of benzene rings is 7. The van der Waals surface area contributed by atoms with Crippen LogP contribution in [0.5, 0.6) is 0 Å². The van der Waals surface area contributed by atoms with Gasteiger partial charge in [-0.25, -0.2) is 9.97 Å². The zero-order chi connectivity index (χ0) is 35.3. The number of aromatic nitrogens is 5. The molecule has 12 aromatic rings. The van der Waals surface area contributed by atoms with Crippen LogP contribution in [0.4, 0.5) is 0 Å². The number of nitrogens with zero attached hydrogens (tertiary/aromatic N) is 5. The second-order valence-electron chi connectivity index (χ2n) is 14.1. The molecule has 0 spiro atoms. The molecule has 0 aliphatic carbocycles. The van der Waals surface area contributed by atoms with E-state index in [-0.39, 0.29) is 0 Å². The molecular formula is C49H29N5. The smallest absolute Gasteiger partial charge is 0.235 e. The highest BCUT2D eigenvalue weighted by Gasteiger charge is 2.21. The van der Waals surface area contributed by atoms with E-state index >= 15 is 0 Å². The van der Waals surface area contributed by atoms with Gasteiger partial charge in [0.05, 0.1) is 38.8 Å². The van der Waals surface area contributed by atoms with Crippen molar-refractivity contribution in [1.82, 2.24) is 23.9 Å². The minimum Gasteiger partial charge on any atom is -0.308 e. The van der Waals surface area contributed by atoms with Gasteiger partial charge in [-0.2, -0.15) is 0 Å². The molecular weight excluding hydrogens is 659 g/mol. The summed E-state index contributed by atoms with van der Waals surface area (Å²) in [6.07, 6.45) is 3.67. The van der Waals surface area contributed by atoms with Crippen molar-refractivity contribution < 1.29 is 0 Å². The maximum Gasteiger partial charge on any atom is 0.235 e. The van der Waals surface area contributed by atoms with Crippen LogP contribution in [-0.4, -0.2) is 23.9 Å². The van der Waals surface area contributed by atoms with E-state index in [2.05, 4.69) is 166 Å². The number of hydrogen-bond acceptors (Lipinski definition) is 3. The Morgan fingerprint density at radius 1 is 0.370 bits per heavy atom. The summed E-state index contributed by atoms with van der Waals surface area (Å²) in [5.74, 6) is 0.633. The first kappa shape index (κ1) is 29.2. The molecule has 0 saturated heterocycles. The van der Waals surface area contributed by atoms with Gasteiger partial charge in [0.15, 0.2) is 0 Å². The Morgan fingerprint density at radius 2 is 0.926 bits per heavy atom. The molecule has 250 valence electrons. The van der Waals surface area contributed by atoms with Crippen molar-refractivity contribution in [2.24, 2.45) is 0 Å². The topological polar surface area (TPSA) is 48.0 Å². The molecule has 0 saturated carbocycles. The number of hydrogen-bond donors (Lipinski definition) is 0. The molecule has 12 rings (SSSR count). The highest BCUT2D eigenvalue weighted by Crippen LogP contribution is 2.43. The lowest BCUT2D eigenvalue weighted by Gasteiger charge is -2.12. The maximum absolute atomic E-state index is 5.31. The Labute approximate surface area is 309 Å². The monoisotopic (exact) mass is 687 g/mol. The molecule has 5 aromatic heterocycles. The van der Waals surface area contributed by atoms with Crippen LogP contribution in [0.1, 0.15) is 0 Å². The van der Waals surface area contributed by atoms with E-state index in [1.165, 1.54) is 54.8 Å². The minimum absolute atomic E-state index is 0.633. The highest BCUT2D eigenvalue weighted by molar-refractivity contribution is 6.24. The molecule has 5 heteroatoms. The molecule has 0 aliphatic heterocycles. The van der Waals surface area contributed by atoms with E-state index < -0.39 is 0 Å². The zero-order valence-corrected chi connectivity index (χ0v) is 29.0. The van der Waals surface area contributed by atoms with Crippen LogP contribution in [0.3, 0.4) is 0 Å².